The molecule has 5 nitrogen and oxygen atoms in total. The Morgan fingerprint density at radius 2 is 1.91 bits per heavy atom. The molecule has 168 valence electrons. The zero-order chi connectivity index (χ0) is 22.2. The highest BCUT2D eigenvalue weighted by Crippen LogP contribution is 2.34. The topological polar surface area (TPSA) is 41.5 Å². The van der Waals surface area contributed by atoms with Crippen molar-refractivity contribution in [3.63, 3.8) is 0 Å². The van der Waals surface area contributed by atoms with E-state index < -0.39 is 0 Å². The van der Waals surface area contributed by atoms with Gasteiger partial charge in [0.25, 0.3) is 0 Å². The monoisotopic (exact) mass is 430 g/mol. The predicted octanol–water partition coefficient (Wildman–Crippen LogP) is 5.10. The van der Waals surface area contributed by atoms with Crippen molar-refractivity contribution in [3.05, 3.63) is 58.9 Å². The fraction of sp³-hybridized carbons (Fsp3) is 0.481. The van der Waals surface area contributed by atoms with Gasteiger partial charge < -0.3 is 14.5 Å². The third-order valence-corrected chi connectivity index (χ3v) is 7.13. The second-order valence-corrected chi connectivity index (χ2v) is 9.68. The van der Waals surface area contributed by atoms with Crippen LogP contribution in [0.4, 0.5) is 5.69 Å². The zero-order valence-electron chi connectivity index (χ0n) is 19.8. The van der Waals surface area contributed by atoms with Crippen molar-refractivity contribution in [2.45, 2.75) is 58.5 Å². The van der Waals surface area contributed by atoms with Gasteiger partial charge in [-0.15, -0.1) is 0 Å². The quantitative estimate of drug-likeness (QED) is 0.563. The lowest BCUT2D eigenvalue weighted by atomic mass is 9.95. The van der Waals surface area contributed by atoms with Gasteiger partial charge >= 0.3 is 6.01 Å². The Morgan fingerprint density at radius 3 is 2.66 bits per heavy atom. The van der Waals surface area contributed by atoms with E-state index in [1.54, 1.807) is 0 Å². The molecule has 0 spiro atoms. The Labute approximate surface area is 191 Å². The molecular formula is C27H34N4O. The van der Waals surface area contributed by atoms with Crippen molar-refractivity contribution < 1.29 is 4.74 Å². The number of hydrogen-bond donors (Lipinski definition) is 0. The number of rotatable bonds is 5. The molecule has 3 heterocycles. The van der Waals surface area contributed by atoms with Gasteiger partial charge in [-0.3, -0.25) is 0 Å². The summed E-state index contributed by atoms with van der Waals surface area (Å²) < 4.78 is 6.17. The highest BCUT2D eigenvalue weighted by Gasteiger charge is 2.26. The van der Waals surface area contributed by atoms with Crippen molar-refractivity contribution in [2.24, 2.45) is 0 Å². The zero-order valence-corrected chi connectivity index (χ0v) is 19.8. The van der Waals surface area contributed by atoms with Gasteiger partial charge in [-0.25, -0.2) is 0 Å². The minimum atomic E-state index is 0.356. The third-order valence-electron chi connectivity index (χ3n) is 7.13. The molecule has 0 amide bonds. The van der Waals surface area contributed by atoms with Gasteiger partial charge in [0.1, 0.15) is 6.61 Å². The van der Waals surface area contributed by atoms with E-state index in [1.165, 1.54) is 40.4 Å². The molecule has 0 radical (unpaired) electrons. The van der Waals surface area contributed by atoms with Crippen LogP contribution in [-0.4, -0.2) is 47.7 Å². The van der Waals surface area contributed by atoms with Gasteiger partial charge in [0.05, 0.1) is 17.9 Å². The molecule has 1 atom stereocenters. The number of ether oxygens (including phenoxy) is 1. The maximum Gasteiger partial charge on any atom is 0.316 e. The molecule has 1 fully saturated rings. The number of fused-ring (bicyclic) bond motifs is 2. The van der Waals surface area contributed by atoms with Crippen molar-refractivity contribution in [2.75, 3.05) is 31.6 Å². The van der Waals surface area contributed by atoms with Crippen LogP contribution in [0.5, 0.6) is 6.01 Å². The summed E-state index contributed by atoms with van der Waals surface area (Å²) in [5, 5.41) is 2.64. The van der Waals surface area contributed by atoms with Gasteiger partial charge in [0.2, 0.25) is 0 Å². The van der Waals surface area contributed by atoms with Crippen LogP contribution in [-0.2, 0) is 13.0 Å². The lowest BCUT2D eigenvalue weighted by Gasteiger charge is -2.32. The minimum Gasteiger partial charge on any atom is -0.462 e. The summed E-state index contributed by atoms with van der Waals surface area (Å²) in [7, 11) is 2.18. The van der Waals surface area contributed by atoms with Crippen molar-refractivity contribution in [3.8, 4) is 6.01 Å². The van der Waals surface area contributed by atoms with E-state index in [0.717, 1.165) is 37.4 Å². The Hall–Kier alpha value is -2.66. The van der Waals surface area contributed by atoms with Crippen LogP contribution in [0.1, 0.15) is 55.1 Å². The first-order valence-corrected chi connectivity index (χ1v) is 12.0. The van der Waals surface area contributed by atoms with Crippen molar-refractivity contribution >= 4 is 16.5 Å². The SMILES string of the molecule is Cc1cccc2cccc(N3CCc4c(nc(OC[C@@H]5CCCN5C)nc4C(C)C)C3)c12. The molecule has 0 unspecified atom stereocenters. The first-order valence-electron chi connectivity index (χ1n) is 12.0. The van der Waals surface area contributed by atoms with Gasteiger partial charge in [-0.05, 0) is 68.3 Å². The number of likely N-dealkylation sites (tertiary alicyclic amines) is 1. The molecule has 1 saturated heterocycles. The molecule has 0 saturated carbocycles. The van der Waals surface area contributed by atoms with E-state index >= 15 is 0 Å². The maximum absolute atomic E-state index is 6.17. The Kier molecular flexibility index (Phi) is 5.76. The largest absolute Gasteiger partial charge is 0.462 e. The molecular weight excluding hydrogens is 396 g/mol. The van der Waals surface area contributed by atoms with Crippen LogP contribution in [0.3, 0.4) is 0 Å². The van der Waals surface area contributed by atoms with Crippen LogP contribution in [0.15, 0.2) is 36.4 Å². The summed E-state index contributed by atoms with van der Waals surface area (Å²) in [5.41, 5.74) is 6.21. The standard InChI is InChI=1S/C27H34N4O/c1-18(2)26-22-13-15-31(24-12-6-10-20-9-5-8-19(3)25(20)24)16-23(22)28-27(29-26)32-17-21-11-7-14-30(21)4/h5-6,8-10,12,18,21H,7,11,13-17H2,1-4H3/t21-/m0/s1. The highest BCUT2D eigenvalue weighted by atomic mass is 16.5. The molecule has 0 aliphatic carbocycles. The number of likely N-dealkylation sites (N-methyl/N-ethyl adjacent to an activating group) is 1. The number of benzene rings is 2. The molecule has 1 aromatic heterocycles. The maximum atomic E-state index is 6.17. The van der Waals surface area contributed by atoms with Crippen LogP contribution in [0.25, 0.3) is 10.8 Å². The molecule has 2 aromatic carbocycles. The van der Waals surface area contributed by atoms with Crippen LogP contribution >= 0.6 is 0 Å². The summed E-state index contributed by atoms with van der Waals surface area (Å²) in [4.78, 5) is 14.6. The van der Waals surface area contributed by atoms with Gasteiger partial charge in [-0.1, -0.05) is 44.2 Å². The van der Waals surface area contributed by atoms with E-state index in [2.05, 4.69) is 74.0 Å². The van der Waals surface area contributed by atoms with Crippen LogP contribution in [0, 0.1) is 6.92 Å². The lowest BCUT2D eigenvalue weighted by molar-refractivity contribution is 0.186. The van der Waals surface area contributed by atoms with E-state index in [4.69, 9.17) is 14.7 Å². The highest BCUT2D eigenvalue weighted by molar-refractivity contribution is 5.96. The summed E-state index contributed by atoms with van der Waals surface area (Å²) in [6.07, 6.45) is 3.40. The normalized spacial score (nSPS) is 19.0. The van der Waals surface area contributed by atoms with E-state index in [-0.39, 0.29) is 0 Å². The van der Waals surface area contributed by atoms with Crippen LogP contribution in [0.2, 0.25) is 0 Å². The fourth-order valence-corrected chi connectivity index (χ4v) is 5.31. The first kappa shape index (κ1) is 21.2. The smallest absolute Gasteiger partial charge is 0.316 e. The molecule has 2 aliphatic rings. The van der Waals surface area contributed by atoms with Crippen molar-refractivity contribution in [1.82, 2.24) is 14.9 Å². The van der Waals surface area contributed by atoms with Crippen LogP contribution < -0.4 is 9.64 Å². The second-order valence-electron chi connectivity index (χ2n) is 9.68. The molecule has 3 aromatic rings. The summed E-state index contributed by atoms with van der Waals surface area (Å²) >= 11 is 0. The molecule has 32 heavy (non-hydrogen) atoms. The number of nitrogens with zero attached hydrogens (tertiary/aromatic N) is 4. The molecule has 2 aliphatic heterocycles. The molecule has 5 heteroatoms. The average Bonchev–Trinajstić information content (AvgIpc) is 3.21. The van der Waals surface area contributed by atoms with E-state index in [1.807, 2.05) is 0 Å². The lowest BCUT2D eigenvalue weighted by Crippen LogP contribution is -2.33. The molecule has 0 N–H and O–H groups in total. The average molecular weight is 431 g/mol. The Bertz CT molecular complexity index is 1120. The van der Waals surface area contributed by atoms with Crippen molar-refractivity contribution in [1.29, 1.82) is 0 Å². The van der Waals surface area contributed by atoms with E-state index in [0.29, 0.717) is 24.6 Å². The van der Waals surface area contributed by atoms with Gasteiger partial charge in [0, 0.05) is 23.7 Å². The van der Waals surface area contributed by atoms with Gasteiger partial charge in [-0.2, -0.15) is 9.97 Å². The molecule has 5 rings (SSSR count). The number of aryl methyl sites for hydroxylation is 1. The minimum absolute atomic E-state index is 0.356. The number of aromatic nitrogens is 2. The second kappa shape index (κ2) is 8.70. The molecule has 0 bridgehead atoms. The summed E-state index contributed by atoms with van der Waals surface area (Å²) in [6.45, 7) is 10.2. The fourth-order valence-electron chi connectivity index (χ4n) is 5.31. The number of hydrogen-bond acceptors (Lipinski definition) is 5. The summed E-state index contributed by atoms with van der Waals surface area (Å²) in [6, 6.07) is 14.2. The Balaban J connectivity index is 1.46. The first-order chi connectivity index (χ1) is 15.5. The van der Waals surface area contributed by atoms with E-state index in [9.17, 15) is 0 Å². The summed E-state index contributed by atoms with van der Waals surface area (Å²) in [5.74, 6) is 0.356. The number of anilines is 1. The Morgan fingerprint density at radius 1 is 1.09 bits per heavy atom. The van der Waals surface area contributed by atoms with Gasteiger partial charge in [0.15, 0.2) is 0 Å². The third kappa shape index (κ3) is 3.95. The predicted molar refractivity (Wildman–Crippen MR) is 131 cm³/mol.